The van der Waals surface area contributed by atoms with E-state index in [0.29, 0.717) is 26.3 Å². The highest BCUT2D eigenvalue weighted by Crippen LogP contribution is 2.44. The molecule has 8 heteroatoms. The average molecular weight is 438 g/mol. The molecule has 0 saturated carbocycles. The van der Waals surface area contributed by atoms with Gasteiger partial charge in [-0.15, -0.1) is 0 Å². The second-order valence-electron chi connectivity index (χ2n) is 7.97. The lowest BCUT2D eigenvalue weighted by atomic mass is 9.98. The predicted octanol–water partition coefficient (Wildman–Crippen LogP) is 2.57. The van der Waals surface area contributed by atoms with Crippen molar-refractivity contribution in [2.45, 2.75) is 18.4 Å². The van der Waals surface area contributed by atoms with Gasteiger partial charge in [0, 0.05) is 26.1 Å². The van der Waals surface area contributed by atoms with Crippen LogP contribution >= 0.6 is 0 Å². The normalized spacial score (nSPS) is 16.1. The molecule has 2 amide bonds. The molecule has 1 unspecified atom stereocenters. The van der Waals surface area contributed by atoms with Crippen molar-refractivity contribution in [1.82, 2.24) is 9.80 Å². The van der Waals surface area contributed by atoms with Gasteiger partial charge in [-0.05, 0) is 22.3 Å². The van der Waals surface area contributed by atoms with Gasteiger partial charge < -0.3 is 19.5 Å². The summed E-state index contributed by atoms with van der Waals surface area (Å²) < 4.78 is 10.9. The van der Waals surface area contributed by atoms with Crippen molar-refractivity contribution < 1.29 is 29.0 Å². The number of hydrogen-bond acceptors (Lipinski definition) is 5. The number of hydrogen-bond donors (Lipinski definition) is 1. The van der Waals surface area contributed by atoms with Gasteiger partial charge >= 0.3 is 12.1 Å². The summed E-state index contributed by atoms with van der Waals surface area (Å²) in [5.74, 6) is -1.69. The Morgan fingerprint density at radius 2 is 1.62 bits per heavy atom. The maximum Gasteiger partial charge on any atom is 0.410 e. The molecular weight excluding hydrogens is 412 g/mol. The minimum Gasteiger partial charge on any atom is -0.481 e. The van der Waals surface area contributed by atoms with Crippen LogP contribution < -0.4 is 0 Å². The smallest absolute Gasteiger partial charge is 0.410 e. The fourth-order valence-electron chi connectivity index (χ4n) is 4.37. The molecule has 1 N–H and O–H groups in total. The maximum atomic E-state index is 12.9. The number of likely N-dealkylation sites (N-methyl/N-ethyl adjacent to an activating group) is 1. The van der Waals surface area contributed by atoms with Crippen molar-refractivity contribution in [3.63, 3.8) is 0 Å². The molecule has 1 fully saturated rings. The zero-order chi connectivity index (χ0) is 22.7. The van der Waals surface area contributed by atoms with Crippen LogP contribution in [-0.2, 0) is 19.1 Å². The average Bonchev–Trinajstić information content (AvgIpc) is 3.14. The van der Waals surface area contributed by atoms with Gasteiger partial charge in [0.2, 0.25) is 5.91 Å². The van der Waals surface area contributed by atoms with E-state index in [1.165, 1.54) is 11.9 Å². The first-order valence-corrected chi connectivity index (χ1v) is 10.6. The van der Waals surface area contributed by atoms with Crippen LogP contribution in [0.3, 0.4) is 0 Å². The highest BCUT2D eigenvalue weighted by atomic mass is 16.6. The van der Waals surface area contributed by atoms with Crippen molar-refractivity contribution in [3.05, 3.63) is 59.7 Å². The Balaban J connectivity index is 1.47. The summed E-state index contributed by atoms with van der Waals surface area (Å²) in [7, 11) is 1.41. The molecule has 0 radical (unpaired) electrons. The van der Waals surface area contributed by atoms with E-state index in [1.807, 2.05) is 48.5 Å². The Morgan fingerprint density at radius 3 is 2.19 bits per heavy atom. The van der Waals surface area contributed by atoms with Crippen molar-refractivity contribution in [3.8, 4) is 11.1 Å². The second kappa shape index (κ2) is 9.40. The van der Waals surface area contributed by atoms with Crippen molar-refractivity contribution in [1.29, 1.82) is 0 Å². The summed E-state index contributed by atoms with van der Waals surface area (Å²) in [6.45, 7) is 1.62. The molecule has 1 aliphatic carbocycles. The molecule has 4 rings (SSSR count). The summed E-state index contributed by atoms with van der Waals surface area (Å²) in [5.41, 5.74) is 4.39. The number of fused-ring (bicyclic) bond motifs is 3. The fraction of sp³-hybridized carbons (Fsp3) is 0.375. The predicted molar refractivity (Wildman–Crippen MR) is 116 cm³/mol. The van der Waals surface area contributed by atoms with Gasteiger partial charge in [-0.1, -0.05) is 48.5 Å². The number of ether oxygens (including phenoxy) is 2. The molecule has 2 aromatic carbocycles. The van der Waals surface area contributed by atoms with Crippen molar-refractivity contribution in [2.24, 2.45) is 0 Å². The SMILES string of the molecule is CN(C(=O)OCC1c2ccccc2-c2ccccc21)C(CC(=O)O)C(=O)N1CCOCC1. The van der Waals surface area contributed by atoms with E-state index in [4.69, 9.17) is 9.47 Å². The van der Waals surface area contributed by atoms with Crippen LogP contribution in [0.1, 0.15) is 23.5 Å². The molecule has 1 atom stereocenters. The van der Waals surface area contributed by atoms with Gasteiger partial charge in [0.15, 0.2) is 0 Å². The van der Waals surface area contributed by atoms with Crippen LogP contribution in [0.2, 0.25) is 0 Å². The molecule has 8 nitrogen and oxygen atoms in total. The van der Waals surface area contributed by atoms with Gasteiger partial charge in [0.25, 0.3) is 0 Å². The minimum atomic E-state index is -1.16. The van der Waals surface area contributed by atoms with Crippen LogP contribution in [0.15, 0.2) is 48.5 Å². The van der Waals surface area contributed by atoms with Crippen LogP contribution in [-0.4, -0.2) is 78.9 Å². The van der Waals surface area contributed by atoms with Crippen LogP contribution in [0.4, 0.5) is 4.79 Å². The fourth-order valence-corrected chi connectivity index (χ4v) is 4.37. The Hall–Kier alpha value is -3.39. The van der Waals surface area contributed by atoms with Gasteiger partial charge in [-0.2, -0.15) is 0 Å². The number of nitrogens with zero attached hydrogens (tertiary/aromatic N) is 2. The molecule has 32 heavy (non-hydrogen) atoms. The molecule has 2 aliphatic rings. The summed E-state index contributed by atoms with van der Waals surface area (Å²) in [5, 5.41) is 9.31. The summed E-state index contributed by atoms with van der Waals surface area (Å²) in [4.78, 5) is 39.8. The lowest BCUT2D eigenvalue weighted by molar-refractivity contribution is -0.147. The van der Waals surface area contributed by atoms with Crippen molar-refractivity contribution >= 4 is 18.0 Å². The molecule has 168 valence electrons. The molecular formula is C24H26N2O6. The van der Waals surface area contributed by atoms with Crippen molar-refractivity contribution in [2.75, 3.05) is 40.0 Å². The number of carbonyl (C=O) groups is 3. The van der Waals surface area contributed by atoms with E-state index in [-0.39, 0.29) is 12.5 Å². The molecule has 0 aromatic heterocycles. The Morgan fingerprint density at radius 1 is 1.06 bits per heavy atom. The number of morpholine rings is 1. The topological polar surface area (TPSA) is 96.4 Å². The van der Waals surface area contributed by atoms with Crippen LogP contribution in [0.25, 0.3) is 11.1 Å². The third-order valence-corrected chi connectivity index (χ3v) is 6.07. The van der Waals surface area contributed by atoms with E-state index in [0.717, 1.165) is 27.2 Å². The number of rotatable bonds is 6. The number of aliphatic carboxylic acids is 1. The zero-order valence-corrected chi connectivity index (χ0v) is 17.9. The van der Waals surface area contributed by atoms with E-state index in [9.17, 15) is 19.5 Å². The lowest BCUT2D eigenvalue weighted by Gasteiger charge is -2.33. The Labute approximate surface area is 186 Å². The maximum absolute atomic E-state index is 12.9. The van der Waals surface area contributed by atoms with E-state index in [1.54, 1.807) is 0 Å². The zero-order valence-electron chi connectivity index (χ0n) is 17.9. The minimum absolute atomic E-state index is 0.0999. The van der Waals surface area contributed by atoms with Crippen LogP contribution in [0, 0.1) is 0 Å². The van der Waals surface area contributed by atoms with E-state index >= 15 is 0 Å². The van der Waals surface area contributed by atoms with E-state index < -0.39 is 30.4 Å². The highest BCUT2D eigenvalue weighted by Gasteiger charge is 2.35. The number of amides is 2. The van der Waals surface area contributed by atoms with Gasteiger partial charge in [-0.3, -0.25) is 14.5 Å². The van der Waals surface area contributed by atoms with Gasteiger partial charge in [0.1, 0.15) is 12.6 Å². The monoisotopic (exact) mass is 438 g/mol. The highest BCUT2D eigenvalue weighted by molar-refractivity contribution is 5.89. The standard InChI is InChI=1S/C24H26N2O6/c1-25(21(14-22(27)28)23(29)26-10-12-31-13-11-26)24(30)32-15-20-18-8-4-2-6-16(18)17-7-3-5-9-19(17)20/h2-9,20-21H,10-15H2,1H3,(H,27,28). The first-order valence-electron chi connectivity index (χ1n) is 10.6. The Bertz CT molecular complexity index is 972. The summed E-state index contributed by atoms with van der Waals surface area (Å²) in [6.07, 6.45) is -1.21. The number of carboxylic acid groups (broad SMARTS) is 1. The number of carboxylic acids is 1. The number of benzene rings is 2. The molecule has 1 aliphatic heterocycles. The lowest BCUT2D eigenvalue weighted by Crippen LogP contribution is -2.53. The largest absolute Gasteiger partial charge is 0.481 e. The van der Waals surface area contributed by atoms with Gasteiger partial charge in [-0.25, -0.2) is 4.79 Å². The first kappa shape index (κ1) is 21.8. The number of carbonyl (C=O) groups excluding carboxylic acids is 2. The molecule has 1 saturated heterocycles. The Kier molecular flexibility index (Phi) is 6.41. The van der Waals surface area contributed by atoms with Crippen LogP contribution in [0.5, 0.6) is 0 Å². The van der Waals surface area contributed by atoms with E-state index in [2.05, 4.69) is 0 Å². The quantitative estimate of drug-likeness (QED) is 0.745. The third kappa shape index (κ3) is 4.31. The van der Waals surface area contributed by atoms with Gasteiger partial charge in [0.05, 0.1) is 19.6 Å². The third-order valence-electron chi connectivity index (χ3n) is 6.07. The molecule has 2 aromatic rings. The first-order chi connectivity index (χ1) is 15.5. The molecule has 0 spiro atoms. The summed E-state index contributed by atoms with van der Waals surface area (Å²) >= 11 is 0. The molecule has 1 heterocycles. The summed E-state index contributed by atoms with van der Waals surface area (Å²) in [6, 6.07) is 14.9. The second-order valence-corrected chi connectivity index (χ2v) is 7.97. The molecule has 0 bridgehead atoms.